The Labute approximate surface area is 189 Å². The Bertz CT molecular complexity index is 927. The number of carbonyl (C=O) groups excluding carboxylic acids is 2. The number of hydroxylamine groups is 1. The Hall–Kier alpha value is -2.31. The monoisotopic (exact) mass is 440 g/mol. The van der Waals surface area contributed by atoms with E-state index in [0.717, 1.165) is 48.3 Å². The van der Waals surface area contributed by atoms with Crippen LogP contribution in [0.4, 0.5) is 5.69 Å². The normalized spacial score (nSPS) is 15.7. The molecule has 1 atom stereocenters. The van der Waals surface area contributed by atoms with Crippen LogP contribution in [0.15, 0.2) is 41.3 Å². The van der Waals surface area contributed by atoms with Gasteiger partial charge in [0.25, 0.3) is 5.91 Å². The molecule has 0 aliphatic carbocycles. The third-order valence-electron chi connectivity index (χ3n) is 5.67. The Morgan fingerprint density at radius 1 is 1.10 bits per heavy atom. The van der Waals surface area contributed by atoms with Gasteiger partial charge in [-0.3, -0.25) is 14.8 Å². The smallest absolute Gasteiger partial charge is 0.263 e. The van der Waals surface area contributed by atoms with E-state index in [-0.39, 0.29) is 17.7 Å². The number of nitrogens with zero attached hydrogens (tertiary/aromatic N) is 1. The maximum absolute atomic E-state index is 13.4. The van der Waals surface area contributed by atoms with Crippen molar-refractivity contribution in [3.05, 3.63) is 58.7 Å². The molecule has 0 aromatic heterocycles. The van der Waals surface area contributed by atoms with Gasteiger partial charge in [-0.1, -0.05) is 56.5 Å². The van der Waals surface area contributed by atoms with E-state index in [9.17, 15) is 9.59 Å². The molecule has 6 heteroatoms. The highest BCUT2D eigenvalue weighted by Gasteiger charge is 2.35. The van der Waals surface area contributed by atoms with Crippen LogP contribution in [0.3, 0.4) is 0 Å². The molecule has 1 aliphatic rings. The van der Waals surface area contributed by atoms with Gasteiger partial charge in [-0.15, -0.1) is 11.8 Å². The highest BCUT2D eigenvalue weighted by molar-refractivity contribution is 8.01. The summed E-state index contributed by atoms with van der Waals surface area (Å²) in [7, 11) is 0. The molecule has 5 nitrogen and oxygen atoms in total. The number of anilines is 1. The van der Waals surface area contributed by atoms with Crippen LogP contribution in [0.25, 0.3) is 0 Å². The van der Waals surface area contributed by atoms with Crippen LogP contribution in [-0.4, -0.2) is 28.8 Å². The van der Waals surface area contributed by atoms with E-state index in [2.05, 4.69) is 50.2 Å². The first kappa shape index (κ1) is 23.4. The van der Waals surface area contributed by atoms with Gasteiger partial charge in [0.15, 0.2) is 0 Å². The molecule has 0 spiro atoms. The molecule has 0 bridgehead atoms. The first-order chi connectivity index (χ1) is 15.0. The third-order valence-corrected chi connectivity index (χ3v) is 6.90. The predicted molar refractivity (Wildman–Crippen MR) is 126 cm³/mol. The first-order valence-electron chi connectivity index (χ1n) is 11.1. The number of amides is 2. The van der Waals surface area contributed by atoms with Crippen molar-refractivity contribution in [2.45, 2.75) is 69.4 Å². The maximum atomic E-state index is 13.4. The SMILES string of the molecule is CCCCc1cc2c(cc1CCC)SC(Cc1ccc(C)cc1)C(=O)N2CC(=O)NO. The number of benzene rings is 2. The fourth-order valence-corrected chi connectivity index (χ4v) is 5.28. The summed E-state index contributed by atoms with van der Waals surface area (Å²) in [6.45, 7) is 6.21. The van der Waals surface area contributed by atoms with Gasteiger partial charge < -0.3 is 4.90 Å². The van der Waals surface area contributed by atoms with Crippen LogP contribution in [0, 0.1) is 6.92 Å². The largest absolute Gasteiger partial charge is 0.301 e. The highest BCUT2D eigenvalue weighted by Crippen LogP contribution is 2.42. The second kappa shape index (κ2) is 10.8. The number of unbranched alkanes of at least 4 members (excludes halogenated alkanes) is 1. The molecule has 2 aromatic rings. The average molecular weight is 441 g/mol. The number of rotatable bonds is 9. The molecular formula is C25H32N2O3S. The fraction of sp³-hybridized carbons (Fsp3) is 0.440. The lowest BCUT2D eigenvalue weighted by atomic mass is 9.97. The van der Waals surface area contributed by atoms with Gasteiger partial charge in [0.1, 0.15) is 6.54 Å². The van der Waals surface area contributed by atoms with Crippen molar-refractivity contribution in [3.8, 4) is 0 Å². The average Bonchev–Trinajstić information content (AvgIpc) is 2.77. The molecule has 0 saturated carbocycles. The van der Waals surface area contributed by atoms with Crippen LogP contribution >= 0.6 is 11.8 Å². The highest BCUT2D eigenvalue weighted by atomic mass is 32.2. The number of hydrogen-bond acceptors (Lipinski definition) is 4. The van der Waals surface area contributed by atoms with Crippen LogP contribution < -0.4 is 10.4 Å². The second-order valence-corrected chi connectivity index (χ2v) is 9.44. The minimum atomic E-state index is -0.590. The standard InChI is InChI=1S/C25H32N2O3S/c1-4-6-8-20-14-21-22(15-19(20)7-5-2)31-23(13-18-11-9-17(3)10-12-18)25(29)27(21)16-24(28)26-30/h9-12,14-15,23,30H,4-8,13,16H2,1-3H3,(H,26,28). The van der Waals surface area contributed by atoms with Gasteiger partial charge in [0.2, 0.25) is 5.91 Å². The molecule has 1 unspecified atom stereocenters. The lowest BCUT2D eigenvalue weighted by Crippen LogP contribution is -2.46. The summed E-state index contributed by atoms with van der Waals surface area (Å²) < 4.78 is 0. The Morgan fingerprint density at radius 2 is 1.81 bits per heavy atom. The summed E-state index contributed by atoms with van der Waals surface area (Å²) in [5.41, 5.74) is 7.32. The summed E-state index contributed by atoms with van der Waals surface area (Å²) in [6, 6.07) is 12.5. The third kappa shape index (κ3) is 5.69. The lowest BCUT2D eigenvalue weighted by Gasteiger charge is -2.34. The minimum Gasteiger partial charge on any atom is -0.301 e. The summed E-state index contributed by atoms with van der Waals surface area (Å²) >= 11 is 1.59. The van der Waals surface area contributed by atoms with Crippen LogP contribution in [-0.2, 0) is 28.9 Å². The molecule has 0 saturated heterocycles. The van der Waals surface area contributed by atoms with E-state index in [1.54, 1.807) is 22.1 Å². The van der Waals surface area contributed by atoms with Crippen molar-refractivity contribution in [1.82, 2.24) is 5.48 Å². The number of fused-ring (bicyclic) bond motifs is 1. The summed E-state index contributed by atoms with van der Waals surface area (Å²) in [5, 5.41) is 8.76. The number of nitrogens with one attached hydrogen (secondary N) is 1. The van der Waals surface area contributed by atoms with Crippen molar-refractivity contribution in [2.75, 3.05) is 11.4 Å². The van der Waals surface area contributed by atoms with E-state index >= 15 is 0 Å². The Morgan fingerprint density at radius 3 is 2.45 bits per heavy atom. The zero-order valence-corrected chi connectivity index (χ0v) is 19.4. The predicted octanol–water partition coefficient (Wildman–Crippen LogP) is 4.85. The van der Waals surface area contributed by atoms with Crippen molar-refractivity contribution >= 4 is 29.3 Å². The number of thioether (sulfide) groups is 1. The van der Waals surface area contributed by atoms with Crippen LogP contribution in [0.1, 0.15) is 55.4 Å². The maximum Gasteiger partial charge on any atom is 0.263 e. The lowest BCUT2D eigenvalue weighted by molar-refractivity contribution is -0.129. The molecule has 31 heavy (non-hydrogen) atoms. The van der Waals surface area contributed by atoms with Gasteiger partial charge in [-0.05, 0) is 61.4 Å². The first-order valence-corrected chi connectivity index (χ1v) is 12.0. The zero-order valence-electron chi connectivity index (χ0n) is 18.6. The summed E-state index contributed by atoms with van der Waals surface area (Å²) in [5.74, 6) is -0.681. The van der Waals surface area contributed by atoms with Crippen LogP contribution in [0.2, 0.25) is 0 Å². The molecule has 2 N–H and O–H groups in total. The second-order valence-electron chi connectivity index (χ2n) is 8.20. The van der Waals surface area contributed by atoms with Crippen molar-refractivity contribution < 1.29 is 14.8 Å². The van der Waals surface area contributed by atoms with Crippen molar-refractivity contribution in [3.63, 3.8) is 0 Å². The zero-order chi connectivity index (χ0) is 22.4. The van der Waals surface area contributed by atoms with Crippen LogP contribution in [0.5, 0.6) is 0 Å². The van der Waals surface area contributed by atoms with E-state index in [1.165, 1.54) is 16.7 Å². The molecule has 0 radical (unpaired) electrons. The molecule has 1 heterocycles. The number of aryl methyl sites for hydroxylation is 3. The van der Waals surface area contributed by atoms with Gasteiger partial charge >= 0.3 is 0 Å². The summed E-state index contributed by atoms with van der Waals surface area (Å²) in [4.78, 5) is 28.0. The summed E-state index contributed by atoms with van der Waals surface area (Å²) in [6.07, 6.45) is 5.81. The molecule has 0 fully saturated rings. The molecule has 3 rings (SSSR count). The fourth-order valence-electron chi connectivity index (χ4n) is 3.97. The topological polar surface area (TPSA) is 69.6 Å². The number of carbonyl (C=O) groups is 2. The van der Waals surface area contributed by atoms with Crippen molar-refractivity contribution in [1.29, 1.82) is 0 Å². The minimum absolute atomic E-state index is 0.0913. The molecule has 2 amide bonds. The molecule has 2 aromatic carbocycles. The van der Waals surface area contributed by atoms with E-state index < -0.39 is 5.91 Å². The quantitative estimate of drug-likeness (QED) is 0.432. The van der Waals surface area contributed by atoms with E-state index in [1.807, 2.05) is 6.92 Å². The Balaban J connectivity index is 1.99. The van der Waals surface area contributed by atoms with Gasteiger partial charge in [0, 0.05) is 4.90 Å². The van der Waals surface area contributed by atoms with Crippen molar-refractivity contribution in [2.24, 2.45) is 0 Å². The molecule has 166 valence electrons. The van der Waals surface area contributed by atoms with E-state index in [4.69, 9.17) is 5.21 Å². The molecule has 1 aliphatic heterocycles. The van der Waals surface area contributed by atoms with Gasteiger partial charge in [0.05, 0.1) is 10.9 Å². The Kier molecular flexibility index (Phi) is 8.15. The molecular weight excluding hydrogens is 408 g/mol. The van der Waals surface area contributed by atoms with Gasteiger partial charge in [-0.2, -0.15) is 0 Å². The number of hydrogen-bond donors (Lipinski definition) is 2. The van der Waals surface area contributed by atoms with E-state index in [0.29, 0.717) is 6.42 Å². The van der Waals surface area contributed by atoms with Gasteiger partial charge in [-0.25, -0.2) is 5.48 Å².